The van der Waals surface area contributed by atoms with E-state index in [9.17, 15) is 9.59 Å². The molecule has 1 aromatic rings. The topological polar surface area (TPSA) is 64.6 Å². The van der Waals surface area contributed by atoms with Gasteiger partial charge in [-0.15, -0.1) is 11.8 Å². The molecule has 22 heavy (non-hydrogen) atoms. The molecule has 0 radical (unpaired) electrons. The molecule has 0 saturated carbocycles. The molecular formula is C15H21NO4S2. The van der Waals surface area contributed by atoms with E-state index in [1.807, 2.05) is 30.5 Å². The molecule has 122 valence electrons. The minimum absolute atomic E-state index is 0.183. The maximum atomic E-state index is 12.0. The Hall–Kier alpha value is -1.34. The van der Waals surface area contributed by atoms with E-state index in [1.165, 1.54) is 18.9 Å². The maximum absolute atomic E-state index is 12.0. The van der Waals surface area contributed by atoms with Crippen LogP contribution in [0.15, 0.2) is 29.2 Å². The summed E-state index contributed by atoms with van der Waals surface area (Å²) in [6.45, 7) is 0. The first kappa shape index (κ1) is 18.7. The molecule has 0 aliphatic heterocycles. The van der Waals surface area contributed by atoms with Crippen molar-refractivity contribution in [3.05, 3.63) is 24.3 Å². The van der Waals surface area contributed by atoms with E-state index >= 15 is 0 Å². The number of benzene rings is 1. The number of thioether (sulfide) groups is 2. The van der Waals surface area contributed by atoms with Crippen LogP contribution in [0.1, 0.15) is 6.42 Å². The lowest BCUT2D eigenvalue weighted by atomic mass is 10.2. The minimum atomic E-state index is -0.582. The number of esters is 1. The number of ether oxygens (including phenoxy) is 2. The van der Waals surface area contributed by atoms with E-state index in [4.69, 9.17) is 9.47 Å². The molecule has 1 atom stereocenters. The number of carbonyl (C=O) groups is 2. The largest absolute Gasteiger partial charge is 0.497 e. The van der Waals surface area contributed by atoms with Gasteiger partial charge in [-0.2, -0.15) is 11.8 Å². The zero-order valence-corrected chi connectivity index (χ0v) is 14.6. The Morgan fingerprint density at radius 1 is 1.23 bits per heavy atom. The number of hydrogen-bond acceptors (Lipinski definition) is 6. The number of rotatable bonds is 9. The van der Waals surface area contributed by atoms with E-state index in [1.54, 1.807) is 18.9 Å². The van der Waals surface area contributed by atoms with Crippen LogP contribution in [0.3, 0.4) is 0 Å². The number of methoxy groups -OCH3 is 2. The van der Waals surface area contributed by atoms with Crippen molar-refractivity contribution in [2.75, 3.05) is 32.0 Å². The van der Waals surface area contributed by atoms with E-state index in [0.717, 1.165) is 16.4 Å². The van der Waals surface area contributed by atoms with Gasteiger partial charge in [0.25, 0.3) is 0 Å². The molecule has 0 heterocycles. The molecule has 1 rings (SSSR count). The van der Waals surface area contributed by atoms with Gasteiger partial charge in [0.2, 0.25) is 5.91 Å². The molecular weight excluding hydrogens is 322 g/mol. The molecule has 0 aromatic heterocycles. The Bertz CT molecular complexity index is 479. The quantitative estimate of drug-likeness (QED) is 0.548. The van der Waals surface area contributed by atoms with Crippen LogP contribution in [-0.2, 0) is 14.3 Å². The second-order valence-electron chi connectivity index (χ2n) is 4.39. The second-order valence-corrected chi connectivity index (χ2v) is 6.42. The minimum Gasteiger partial charge on any atom is -0.497 e. The smallest absolute Gasteiger partial charge is 0.328 e. The van der Waals surface area contributed by atoms with Crippen molar-refractivity contribution in [2.24, 2.45) is 0 Å². The van der Waals surface area contributed by atoms with Gasteiger partial charge in [0.1, 0.15) is 11.8 Å². The maximum Gasteiger partial charge on any atom is 0.328 e. The van der Waals surface area contributed by atoms with Crippen molar-refractivity contribution in [3.63, 3.8) is 0 Å². The number of nitrogens with one attached hydrogen (secondary N) is 1. The number of hydrogen-bond donors (Lipinski definition) is 1. The van der Waals surface area contributed by atoms with E-state index < -0.39 is 12.0 Å². The first-order chi connectivity index (χ1) is 10.6. The third kappa shape index (κ3) is 6.62. The van der Waals surface area contributed by atoms with Crippen LogP contribution in [0.5, 0.6) is 5.75 Å². The summed E-state index contributed by atoms with van der Waals surface area (Å²) in [5, 5.41) is 2.72. The fourth-order valence-electron chi connectivity index (χ4n) is 1.68. The Morgan fingerprint density at radius 3 is 2.45 bits per heavy atom. The van der Waals surface area contributed by atoms with E-state index in [0.29, 0.717) is 6.42 Å². The van der Waals surface area contributed by atoms with Gasteiger partial charge in [-0.25, -0.2) is 4.79 Å². The summed E-state index contributed by atoms with van der Waals surface area (Å²) in [4.78, 5) is 24.6. The van der Waals surface area contributed by atoms with Crippen LogP contribution in [0.2, 0.25) is 0 Å². The van der Waals surface area contributed by atoms with Crippen LogP contribution >= 0.6 is 23.5 Å². The molecule has 0 unspecified atom stereocenters. The molecule has 0 fully saturated rings. The standard InChI is InChI=1S/C15H21NO4S2/c1-19-11-4-6-12(7-5-11)22-10-14(17)16-13(8-9-21-3)15(18)20-2/h4-7,13H,8-10H2,1-3H3,(H,16,17)/t13-/m1/s1. The van der Waals surface area contributed by atoms with Gasteiger partial charge in [0.05, 0.1) is 20.0 Å². The fourth-order valence-corrected chi connectivity index (χ4v) is 2.86. The van der Waals surface area contributed by atoms with Crippen molar-refractivity contribution < 1.29 is 19.1 Å². The summed E-state index contributed by atoms with van der Waals surface area (Å²) < 4.78 is 9.80. The van der Waals surface area contributed by atoms with Crippen molar-refractivity contribution in [1.29, 1.82) is 0 Å². The Kier molecular flexibility index (Phi) is 8.84. The monoisotopic (exact) mass is 343 g/mol. The normalized spacial score (nSPS) is 11.6. The number of carbonyl (C=O) groups excluding carboxylic acids is 2. The molecule has 0 aliphatic rings. The highest BCUT2D eigenvalue weighted by atomic mass is 32.2. The lowest BCUT2D eigenvalue weighted by molar-refractivity contribution is -0.144. The van der Waals surface area contributed by atoms with Gasteiger partial charge in [-0.3, -0.25) is 4.79 Å². The van der Waals surface area contributed by atoms with Gasteiger partial charge < -0.3 is 14.8 Å². The van der Waals surface area contributed by atoms with Gasteiger partial charge in [0, 0.05) is 4.90 Å². The molecule has 0 saturated heterocycles. The highest BCUT2D eigenvalue weighted by Gasteiger charge is 2.20. The third-order valence-corrected chi connectivity index (χ3v) is 4.52. The molecule has 1 N–H and O–H groups in total. The Balaban J connectivity index is 2.46. The summed E-state index contributed by atoms with van der Waals surface area (Å²) in [5.41, 5.74) is 0. The highest BCUT2D eigenvalue weighted by Crippen LogP contribution is 2.21. The summed E-state index contributed by atoms with van der Waals surface area (Å²) in [6.07, 6.45) is 2.52. The molecule has 0 bridgehead atoms. The summed E-state index contributed by atoms with van der Waals surface area (Å²) >= 11 is 3.03. The summed E-state index contributed by atoms with van der Waals surface area (Å²) in [6, 6.07) is 6.89. The zero-order valence-electron chi connectivity index (χ0n) is 13.0. The van der Waals surface area contributed by atoms with Crippen LogP contribution in [0, 0.1) is 0 Å². The Labute approximate surface area is 139 Å². The van der Waals surface area contributed by atoms with E-state index in [-0.39, 0.29) is 11.7 Å². The van der Waals surface area contributed by atoms with E-state index in [2.05, 4.69) is 5.32 Å². The highest BCUT2D eigenvalue weighted by molar-refractivity contribution is 8.00. The van der Waals surface area contributed by atoms with Gasteiger partial charge >= 0.3 is 5.97 Å². The SMILES string of the molecule is COC(=O)[C@@H](CCSC)NC(=O)CSc1ccc(OC)cc1. The van der Waals surface area contributed by atoms with Gasteiger partial charge in [-0.05, 0) is 42.7 Å². The lowest BCUT2D eigenvalue weighted by Crippen LogP contribution is -2.42. The molecule has 0 aliphatic carbocycles. The lowest BCUT2D eigenvalue weighted by Gasteiger charge is -2.15. The first-order valence-corrected chi connectivity index (χ1v) is 9.11. The van der Waals surface area contributed by atoms with Crippen LogP contribution in [0.4, 0.5) is 0 Å². The van der Waals surface area contributed by atoms with Crippen molar-refractivity contribution in [2.45, 2.75) is 17.4 Å². The predicted octanol–water partition coefficient (Wildman–Crippen LogP) is 2.20. The molecule has 1 aromatic carbocycles. The molecule has 0 spiro atoms. The zero-order chi connectivity index (χ0) is 16.4. The fraction of sp³-hybridized carbons (Fsp3) is 0.467. The molecule has 5 nitrogen and oxygen atoms in total. The average molecular weight is 343 g/mol. The van der Waals surface area contributed by atoms with Crippen molar-refractivity contribution >= 4 is 35.4 Å². The summed E-state index contributed by atoms with van der Waals surface area (Å²) in [5.74, 6) is 1.22. The van der Waals surface area contributed by atoms with Crippen LogP contribution in [0.25, 0.3) is 0 Å². The Morgan fingerprint density at radius 2 is 1.91 bits per heavy atom. The first-order valence-electron chi connectivity index (χ1n) is 6.73. The van der Waals surface area contributed by atoms with Crippen LogP contribution < -0.4 is 10.1 Å². The van der Waals surface area contributed by atoms with Crippen molar-refractivity contribution in [1.82, 2.24) is 5.32 Å². The molecule has 1 amide bonds. The molecule has 7 heteroatoms. The van der Waals surface area contributed by atoms with Gasteiger partial charge in [-0.1, -0.05) is 0 Å². The van der Waals surface area contributed by atoms with Crippen molar-refractivity contribution in [3.8, 4) is 5.75 Å². The van der Waals surface area contributed by atoms with Gasteiger partial charge in [0.15, 0.2) is 0 Å². The second kappa shape index (κ2) is 10.4. The third-order valence-electron chi connectivity index (χ3n) is 2.86. The summed E-state index contributed by atoms with van der Waals surface area (Å²) in [7, 11) is 2.93. The average Bonchev–Trinajstić information content (AvgIpc) is 2.56. The number of amides is 1. The predicted molar refractivity (Wildman–Crippen MR) is 90.7 cm³/mol. The van der Waals surface area contributed by atoms with Crippen LogP contribution in [-0.4, -0.2) is 49.9 Å².